The summed E-state index contributed by atoms with van der Waals surface area (Å²) in [5.74, 6) is -0.242. The molecular formula is C24H36N12O10S2. The minimum atomic E-state index is -4.25. The second-order valence-corrected chi connectivity index (χ2v) is 11.6. The first-order chi connectivity index (χ1) is 23.2. The van der Waals surface area contributed by atoms with Gasteiger partial charge < -0.3 is 46.6 Å². The molecule has 0 spiro atoms. The van der Waals surface area contributed by atoms with Gasteiger partial charge in [0.15, 0.2) is 0 Å². The van der Waals surface area contributed by atoms with Crippen LogP contribution in [0.2, 0.25) is 0 Å². The fourth-order valence-corrected chi connectivity index (χ4v) is 4.30. The van der Waals surface area contributed by atoms with Crippen LogP contribution in [-0.4, -0.2) is 138 Å². The summed E-state index contributed by atoms with van der Waals surface area (Å²) in [4.78, 5) is 31.4. The Morgan fingerprint density at radius 3 is 2.21 bits per heavy atom. The Kier molecular flexibility index (Phi) is 16.2. The molecule has 24 heteroatoms. The monoisotopic (exact) mass is 716 g/mol. The minimum absolute atomic E-state index is 0.00944. The van der Waals surface area contributed by atoms with E-state index in [9.17, 15) is 28.8 Å². The van der Waals surface area contributed by atoms with Crippen molar-refractivity contribution < 1.29 is 48.0 Å². The van der Waals surface area contributed by atoms with Crippen LogP contribution in [0.25, 0.3) is 0 Å². The molecule has 2 aromatic heterocycles. The fraction of sp³-hybridized carbons (Fsp3) is 0.458. The van der Waals surface area contributed by atoms with E-state index in [2.05, 4.69) is 65.5 Å². The molecule has 0 saturated carbocycles. The summed E-state index contributed by atoms with van der Waals surface area (Å²) in [5, 5.41) is 61.3. The third-order valence-electron chi connectivity index (χ3n) is 5.75. The van der Waals surface area contributed by atoms with Crippen molar-refractivity contribution in [1.82, 2.24) is 29.9 Å². The molecule has 10 N–H and O–H groups in total. The second-order valence-electron chi connectivity index (χ2n) is 9.32. The quantitative estimate of drug-likeness (QED) is 0.0148. The Morgan fingerprint density at radius 2 is 1.58 bits per heavy atom. The Morgan fingerprint density at radius 1 is 0.917 bits per heavy atom. The first-order valence-electron chi connectivity index (χ1n) is 14.1. The molecule has 0 bridgehead atoms. The maximum atomic E-state index is 11.1. The van der Waals surface area contributed by atoms with Crippen molar-refractivity contribution in [3.8, 4) is 0 Å². The average molecular weight is 717 g/mol. The summed E-state index contributed by atoms with van der Waals surface area (Å²) in [7, 11) is -4.25. The third kappa shape index (κ3) is 13.9. The molecule has 3 aromatic rings. The molecule has 0 amide bonds. The highest BCUT2D eigenvalue weighted by atomic mass is 32.2. The number of hydrogen-bond donors (Lipinski definition) is 10. The number of hydrogen-bond acceptors (Lipinski definition) is 22. The van der Waals surface area contributed by atoms with E-state index < -0.39 is 21.9 Å². The van der Waals surface area contributed by atoms with Gasteiger partial charge in [-0.1, -0.05) is 11.1 Å². The van der Waals surface area contributed by atoms with Crippen molar-refractivity contribution >= 4 is 75.4 Å². The van der Waals surface area contributed by atoms with Gasteiger partial charge >= 0.3 is 0 Å². The zero-order valence-electron chi connectivity index (χ0n) is 25.2. The van der Waals surface area contributed by atoms with E-state index in [1.807, 2.05) is 0 Å². The van der Waals surface area contributed by atoms with E-state index in [0.717, 1.165) is 12.0 Å². The van der Waals surface area contributed by atoms with Gasteiger partial charge in [0.1, 0.15) is 0 Å². The molecule has 264 valence electrons. The first kappa shape index (κ1) is 38.3. The highest BCUT2D eigenvalue weighted by molar-refractivity contribution is 7.95. The van der Waals surface area contributed by atoms with E-state index in [4.69, 9.17) is 9.81 Å². The largest absolute Gasteiger partial charge is 0.396 e. The summed E-state index contributed by atoms with van der Waals surface area (Å²) in [6, 6.07) is 6.19. The van der Waals surface area contributed by atoms with Gasteiger partial charge in [-0.2, -0.15) is 38.3 Å². The van der Waals surface area contributed by atoms with E-state index in [0.29, 0.717) is 11.4 Å². The summed E-state index contributed by atoms with van der Waals surface area (Å²) in [5.41, 5.74) is 0.974. The average Bonchev–Trinajstić information content (AvgIpc) is 3.04. The predicted molar refractivity (Wildman–Crippen MR) is 176 cm³/mol. The second kappa shape index (κ2) is 20.3. The zero-order chi connectivity index (χ0) is 34.8. The van der Waals surface area contributed by atoms with Crippen LogP contribution in [-0.2, 0) is 19.5 Å². The van der Waals surface area contributed by atoms with Gasteiger partial charge in [0.25, 0.3) is 16.1 Å². The number of aliphatic hydroxyl groups excluding tert-OH is 4. The summed E-state index contributed by atoms with van der Waals surface area (Å²) in [6.45, 7) is -0.965. The summed E-state index contributed by atoms with van der Waals surface area (Å²) in [6.07, 6.45) is 1.59. The molecule has 0 aliphatic carbocycles. The Balaban J connectivity index is 1.88. The van der Waals surface area contributed by atoms with Crippen LogP contribution in [0.3, 0.4) is 0 Å². The Labute approximate surface area is 278 Å². The predicted octanol–water partition coefficient (Wildman–Crippen LogP) is -0.439. The number of benzene rings is 1. The van der Waals surface area contributed by atoms with Crippen LogP contribution < -0.4 is 26.2 Å². The zero-order valence-corrected chi connectivity index (χ0v) is 26.9. The lowest BCUT2D eigenvalue weighted by Gasteiger charge is -2.21. The molecule has 0 radical (unpaired) electrons. The van der Waals surface area contributed by atoms with Crippen molar-refractivity contribution in [2.24, 2.45) is 4.99 Å². The highest BCUT2D eigenvalue weighted by Gasteiger charge is 2.15. The number of aromatic nitrogens is 6. The molecule has 22 nitrogen and oxygen atoms in total. The molecule has 2 heterocycles. The van der Waals surface area contributed by atoms with Gasteiger partial charge in [0.05, 0.1) is 37.4 Å². The van der Waals surface area contributed by atoms with Gasteiger partial charge in [0, 0.05) is 55.9 Å². The van der Waals surface area contributed by atoms with E-state index >= 15 is 0 Å². The SMILES string of the molecule is O=S(=O)(O)CCNc1nc(Nc2cccc(Nc3nc(N=CCSOOO)nc(N(CCO)CCO)n3)c2)nc(NC(CO)CCO)n1. The number of aliphatic hydroxyl groups is 4. The maximum Gasteiger partial charge on any atom is 0.266 e. The number of aliphatic imine (C=N–C) groups is 1. The van der Waals surface area contributed by atoms with Gasteiger partial charge in [-0.15, -0.1) is 4.33 Å². The number of nitrogens with zero attached hydrogens (tertiary/aromatic N) is 8. The van der Waals surface area contributed by atoms with Crippen molar-refractivity contribution in [2.45, 2.75) is 12.5 Å². The third-order valence-corrected chi connectivity index (χ3v) is 6.91. The van der Waals surface area contributed by atoms with E-state index in [-0.39, 0.29) is 93.9 Å². The molecule has 48 heavy (non-hydrogen) atoms. The van der Waals surface area contributed by atoms with Gasteiger partial charge in [0.2, 0.25) is 29.7 Å². The molecule has 0 fully saturated rings. The van der Waals surface area contributed by atoms with Crippen LogP contribution in [0.5, 0.6) is 0 Å². The topological polar surface area (TPSA) is 315 Å². The number of nitrogens with one attached hydrogen (secondary N) is 4. The van der Waals surface area contributed by atoms with E-state index in [1.165, 1.54) is 11.1 Å². The summed E-state index contributed by atoms with van der Waals surface area (Å²) >= 11 is 0.751. The smallest absolute Gasteiger partial charge is 0.266 e. The van der Waals surface area contributed by atoms with Crippen molar-refractivity contribution in [1.29, 1.82) is 0 Å². The van der Waals surface area contributed by atoms with Crippen LogP contribution in [0.15, 0.2) is 29.3 Å². The Bertz CT molecular complexity index is 1550. The molecule has 0 saturated heterocycles. The van der Waals surface area contributed by atoms with Crippen molar-refractivity contribution in [3.05, 3.63) is 24.3 Å². The standard InChI is InChI=1S/C24H36N12O10S2/c37-9-4-18(15-40)29-22-31-19(26-6-13-48(42,43)44)30-21(33-22)27-16-2-1-3-17(14-16)28-23-32-20(25-5-12-47-46-45-41)34-24(35-23)36(7-10-38)8-11-39/h1-3,5,14,18,37-41H,4,6-13,15H2,(H,42,43,44)(H,28,32,34,35)(H3,26,27,29,30,31,33). The molecule has 0 aliphatic heterocycles. The van der Waals surface area contributed by atoms with Crippen LogP contribution in [0.4, 0.5) is 47.1 Å². The highest BCUT2D eigenvalue weighted by Crippen LogP contribution is 2.24. The van der Waals surface area contributed by atoms with Gasteiger partial charge in [-0.25, -0.2) is 10.2 Å². The molecule has 1 aromatic carbocycles. The van der Waals surface area contributed by atoms with Crippen molar-refractivity contribution in [2.75, 3.05) is 83.7 Å². The molecule has 0 aliphatic rings. The van der Waals surface area contributed by atoms with E-state index in [1.54, 1.807) is 24.3 Å². The molecule has 1 unspecified atom stereocenters. The maximum absolute atomic E-state index is 11.1. The summed E-state index contributed by atoms with van der Waals surface area (Å²) < 4.78 is 35.7. The molecule has 3 rings (SSSR count). The van der Waals surface area contributed by atoms with Crippen molar-refractivity contribution in [3.63, 3.8) is 0 Å². The van der Waals surface area contributed by atoms with Gasteiger partial charge in [-0.05, 0) is 24.6 Å². The number of anilines is 7. The van der Waals surface area contributed by atoms with Crippen LogP contribution in [0, 0.1) is 0 Å². The lowest BCUT2D eigenvalue weighted by molar-refractivity contribution is -0.432. The fourth-order valence-electron chi connectivity index (χ4n) is 3.71. The normalized spacial score (nSPS) is 12.2. The lowest BCUT2D eigenvalue weighted by Crippen LogP contribution is -2.31. The Hall–Kier alpha value is -4.11. The minimum Gasteiger partial charge on any atom is -0.396 e. The lowest BCUT2D eigenvalue weighted by atomic mass is 10.2. The first-order valence-corrected chi connectivity index (χ1v) is 16.6. The van der Waals surface area contributed by atoms with Crippen LogP contribution in [0.1, 0.15) is 6.42 Å². The molecule has 1 atom stereocenters. The number of rotatable bonds is 23. The van der Waals surface area contributed by atoms with Crippen LogP contribution >= 0.6 is 12.0 Å². The van der Waals surface area contributed by atoms with Gasteiger partial charge in [-0.3, -0.25) is 4.55 Å². The molecular weight excluding hydrogens is 680 g/mol.